The molecule has 7 heteroatoms. The summed E-state index contributed by atoms with van der Waals surface area (Å²) < 4.78 is 1.49. The maximum atomic E-state index is 13.3. The molecule has 0 unspecified atom stereocenters. The molecule has 0 radical (unpaired) electrons. The highest BCUT2D eigenvalue weighted by molar-refractivity contribution is 6.07. The lowest BCUT2D eigenvalue weighted by Gasteiger charge is -2.15. The fraction of sp³-hybridized carbons (Fsp3) is 0.111. The van der Waals surface area contributed by atoms with Gasteiger partial charge in [-0.05, 0) is 38.1 Å². The van der Waals surface area contributed by atoms with Crippen molar-refractivity contribution in [2.75, 3.05) is 5.43 Å². The van der Waals surface area contributed by atoms with Crippen molar-refractivity contribution in [2.45, 2.75) is 20.4 Å². The highest BCUT2D eigenvalue weighted by Gasteiger charge is 2.15. The Morgan fingerprint density at radius 3 is 2.24 bits per heavy atom. The molecule has 3 aromatic carbocycles. The lowest BCUT2D eigenvalue weighted by Crippen LogP contribution is -2.34. The Kier molecular flexibility index (Phi) is 5.51. The predicted molar refractivity (Wildman–Crippen MR) is 135 cm³/mol. The van der Waals surface area contributed by atoms with Gasteiger partial charge in [-0.2, -0.15) is 0 Å². The molecule has 0 fully saturated rings. The van der Waals surface area contributed by atoms with Crippen LogP contribution >= 0.6 is 0 Å². The summed E-state index contributed by atoms with van der Waals surface area (Å²) >= 11 is 0. The van der Waals surface area contributed by atoms with Crippen LogP contribution in [0.4, 0.5) is 5.95 Å². The number of hydrogen-bond donors (Lipinski definition) is 2. The zero-order valence-corrected chi connectivity index (χ0v) is 18.9. The summed E-state index contributed by atoms with van der Waals surface area (Å²) in [6, 6.07) is 24.5. The number of carbonyl (C=O) groups excluding carboxylic acids is 1. The van der Waals surface area contributed by atoms with E-state index in [0.29, 0.717) is 28.7 Å². The molecule has 0 spiro atoms. The lowest BCUT2D eigenvalue weighted by molar-refractivity contribution is 0.0963. The standard InChI is InChI=1S/C27H23N5O2/c1-3-32-26(34)20-9-5-7-11-23(20)29-27(32)31-30-25(33)21-16-24(18-14-12-17(2)13-15-18)28-22-10-6-4-8-19(21)22/h4-16H,3H2,1-2H3,(H,29,31)(H,30,33). The number of nitrogens with zero attached hydrogens (tertiary/aromatic N) is 3. The van der Waals surface area contributed by atoms with Gasteiger partial charge < -0.3 is 0 Å². The van der Waals surface area contributed by atoms with Crippen molar-refractivity contribution < 1.29 is 4.79 Å². The van der Waals surface area contributed by atoms with Crippen LogP contribution in [0.15, 0.2) is 83.7 Å². The van der Waals surface area contributed by atoms with Crippen LogP contribution < -0.4 is 16.4 Å². The number of fused-ring (bicyclic) bond motifs is 2. The lowest BCUT2D eigenvalue weighted by atomic mass is 10.0. The van der Waals surface area contributed by atoms with E-state index in [-0.39, 0.29) is 17.4 Å². The molecule has 2 N–H and O–H groups in total. The Morgan fingerprint density at radius 1 is 0.882 bits per heavy atom. The van der Waals surface area contributed by atoms with E-state index >= 15 is 0 Å². The van der Waals surface area contributed by atoms with Crippen LogP contribution in [0.25, 0.3) is 33.1 Å². The molecule has 0 aliphatic rings. The predicted octanol–water partition coefficient (Wildman–Crippen LogP) is 4.70. The zero-order valence-electron chi connectivity index (χ0n) is 18.9. The van der Waals surface area contributed by atoms with Gasteiger partial charge in [0.1, 0.15) is 0 Å². The molecule has 0 saturated carbocycles. The van der Waals surface area contributed by atoms with Gasteiger partial charge in [-0.1, -0.05) is 60.2 Å². The first-order valence-corrected chi connectivity index (χ1v) is 11.1. The number of para-hydroxylation sites is 2. The van der Waals surface area contributed by atoms with E-state index in [1.807, 2.05) is 68.4 Å². The minimum Gasteiger partial charge on any atom is -0.277 e. The summed E-state index contributed by atoms with van der Waals surface area (Å²) in [4.78, 5) is 35.4. The summed E-state index contributed by atoms with van der Waals surface area (Å²) in [5.41, 5.74) is 9.95. The Balaban J connectivity index is 1.52. The molecule has 5 aromatic rings. The zero-order chi connectivity index (χ0) is 23.7. The minimum absolute atomic E-state index is 0.166. The monoisotopic (exact) mass is 449 g/mol. The van der Waals surface area contributed by atoms with Crippen LogP contribution in [-0.2, 0) is 6.54 Å². The van der Waals surface area contributed by atoms with E-state index in [4.69, 9.17) is 4.98 Å². The van der Waals surface area contributed by atoms with Crippen molar-refractivity contribution >= 4 is 33.7 Å². The average molecular weight is 450 g/mol. The van der Waals surface area contributed by atoms with Crippen LogP contribution in [0.1, 0.15) is 22.8 Å². The highest BCUT2D eigenvalue weighted by atomic mass is 16.2. The molecule has 5 rings (SSSR count). The number of pyridine rings is 1. The summed E-state index contributed by atoms with van der Waals surface area (Å²) in [5.74, 6) is -0.0753. The van der Waals surface area contributed by atoms with Crippen LogP contribution in [0, 0.1) is 6.92 Å². The average Bonchev–Trinajstić information content (AvgIpc) is 2.87. The van der Waals surface area contributed by atoms with E-state index in [9.17, 15) is 9.59 Å². The van der Waals surface area contributed by atoms with Crippen LogP contribution in [-0.4, -0.2) is 20.4 Å². The molecular weight excluding hydrogens is 426 g/mol. The summed E-state index contributed by atoms with van der Waals surface area (Å²) in [6.45, 7) is 4.29. The molecule has 7 nitrogen and oxygen atoms in total. The molecule has 2 heterocycles. The van der Waals surface area contributed by atoms with E-state index in [0.717, 1.165) is 22.0 Å². The number of hydrogen-bond acceptors (Lipinski definition) is 5. The number of rotatable bonds is 5. The maximum Gasteiger partial charge on any atom is 0.270 e. The first-order valence-electron chi connectivity index (χ1n) is 11.1. The van der Waals surface area contributed by atoms with Gasteiger partial charge in [0.25, 0.3) is 11.5 Å². The SMILES string of the molecule is CCn1c(NNC(=O)c2cc(-c3ccc(C)cc3)nc3ccccc23)nc2ccccc2c1=O. The number of carbonyl (C=O) groups is 1. The Morgan fingerprint density at radius 2 is 1.53 bits per heavy atom. The first-order chi connectivity index (χ1) is 16.5. The number of amides is 1. The fourth-order valence-corrected chi connectivity index (χ4v) is 3.97. The van der Waals surface area contributed by atoms with Crippen molar-refractivity contribution in [3.05, 3.63) is 100 Å². The second-order valence-electron chi connectivity index (χ2n) is 8.02. The molecule has 1 amide bonds. The fourth-order valence-electron chi connectivity index (χ4n) is 3.97. The maximum absolute atomic E-state index is 13.3. The second kappa shape index (κ2) is 8.78. The molecule has 0 atom stereocenters. The third kappa shape index (κ3) is 3.88. The summed E-state index contributed by atoms with van der Waals surface area (Å²) in [7, 11) is 0. The van der Waals surface area contributed by atoms with E-state index < -0.39 is 0 Å². The van der Waals surface area contributed by atoms with Gasteiger partial charge in [-0.25, -0.2) is 9.97 Å². The van der Waals surface area contributed by atoms with Gasteiger partial charge in [0, 0.05) is 17.5 Å². The van der Waals surface area contributed by atoms with E-state index in [2.05, 4.69) is 15.8 Å². The van der Waals surface area contributed by atoms with Crippen LogP contribution in [0.5, 0.6) is 0 Å². The highest BCUT2D eigenvalue weighted by Crippen LogP contribution is 2.25. The number of aryl methyl sites for hydroxylation is 1. The van der Waals surface area contributed by atoms with E-state index in [1.165, 1.54) is 4.57 Å². The van der Waals surface area contributed by atoms with Crippen molar-refractivity contribution in [1.29, 1.82) is 0 Å². The molecule has 0 aliphatic heterocycles. The number of benzene rings is 3. The molecule has 0 aliphatic carbocycles. The van der Waals surface area contributed by atoms with Gasteiger partial charge in [0.05, 0.1) is 27.7 Å². The van der Waals surface area contributed by atoms with Crippen molar-refractivity contribution in [3.8, 4) is 11.3 Å². The first kappa shape index (κ1) is 21.3. The second-order valence-corrected chi connectivity index (χ2v) is 8.02. The summed E-state index contributed by atoms with van der Waals surface area (Å²) in [6.07, 6.45) is 0. The smallest absolute Gasteiger partial charge is 0.270 e. The normalized spacial score (nSPS) is 11.0. The number of anilines is 1. The van der Waals surface area contributed by atoms with Crippen LogP contribution in [0.3, 0.4) is 0 Å². The number of aromatic nitrogens is 3. The molecule has 168 valence electrons. The van der Waals surface area contributed by atoms with Gasteiger partial charge in [0.2, 0.25) is 5.95 Å². The Bertz CT molecular complexity index is 1590. The molecule has 0 saturated heterocycles. The number of nitrogens with one attached hydrogen (secondary N) is 2. The third-order valence-electron chi connectivity index (χ3n) is 5.77. The Hall–Kier alpha value is -4.52. The topological polar surface area (TPSA) is 88.9 Å². The van der Waals surface area contributed by atoms with Gasteiger partial charge >= 0.3 is 0 Å². The minimum atomic E-state index is -0.350. The van der Waals surface area contributed by atoms with Crippen molar-refractivity contribution in [1.82, 2.24) is 20.0 Å². The molecule has 2 aromatic heterocycles. The summed E-state index contributed by atoms with van der Waals surface area (Å²) in [5, 5.41) is 1.26. The van der Waals surface area contributed by atoms with Gasteiger partial charge in [-0.15, -0.1) is 0 Å². The van der Waals surface area contributed by atoms with E-state index in [1.54, 1.807) is 24.3 Å². The Labute approximate surface area is 196 Å². The van der Waals surface area contributed by atoms with Gasteiger partial charge in [-0.3, -0.25) is 25.0 Å². The third-order valence-corrected chi connectivity index (χ3v) is 5.77. The molecule has 0 bridgehead atoms. The van der Waals surface area contributed by atoms with Crippen LogP contribution in [0.2, 0.25) is 0 Å². The largest absolute Gasteiger partial charge is 0.277 e. The van der Waals surface area contributed by atoms with Gasteiger partial charge in [0.15, 0.2) is 0 Å². The molecule has 34 heavy (non-hydrogen) atoms. The van der Waals surface area contributed by atoms with Crippen molar-refractivity contribution in [2.24, 2.45) is 0 Å². The quantitative estimate of drug-likeness (QED) is 0.380. The molecular formula is C27H23N5O2. The van der Waals surface area contributed by atoms with Crippen molar-refractivity contribution in [3.63, 3.8) is 0 Å². The number of hydrazine groups is 1.